The molecule has 0 unspecified atom stereocenters. The van der Waals surface area contributed by atoms with Gasteiger partial charge in [0.05, 0.1) is 12.2 Å². The molecule has 2 aromatic carbocycles. The smallest absolute Gasteiger partial charge is 0.222 e. The van der Waals surface area contributed by atoms with E-state index in [1.54, 1.807) is 11.3 Å². The van der Waals surface area contributed by atoms with E-state index in [2.05, 4.69) is 20.5 Å². The number of rotatable bonds is 7. The molecule has 0 aliphatic carbocycles. The molecule has 0 radical (unpaired) electrons. The van der Waals surface area contributed by atoms with E-state index in [0.717, 1.165) is 33.2 Å². The van der Waals surface area contributed by atoms with Gasteiger partial charge in [-0.15, -0.1) is 11.3 Å². The normalized spacial score (nSPS) is 10.8. The zero-order chi connectivity index (χ0) is 20.9. The summed E-state index contributed by atoms with van der Waals surface area (Å²) in [5.74, 6) is 0.686. The molecule has 8 heteroatoms. The predicted molar refractivity (Wildman–Crippen MR) is 122 cm³/mol. The maximum Gasteiger partial charge on any atom is 0.222 e. The minimum absolute atomic E-state index is 0.0532. The Morgan fingerprint density at radius 3 is 2.77 bits per heavy atom. The van der Waals surface area contributed by atoms with Gasteiger partial charge in [0.1, 0.15) is 5.01 Å². The van der Waals surface area contributed by atoms with E-state index in [4.69, 9.17) is 12.2 Å². The van der Waals surface area contributed by atoms with Crippen molar-refractivity contribution in [3.05, 3.63) is 76.0 Å². The Morgan fingerprint density at radius 1 is 1.17 bits per heavy atom. The summed E-state index contributed by atoms with van der Waals surface area (Å²) in [5, 5.41) is 13.0. The third-order valence-corrected chi connectivity index (χ3v) is 5.89. The lowest BCUT2D eigenvalue weighted by molar-refractivity contribution is -0.121. The second-order valence-corrected chi connectivity index (χ2v) is 8.16. The van der Waals surface area contributed by atoms with Gasteiger partial charge in [-0.2, -0.15) is 5.10 Å². The summed E-state index contributed by atoms with van der Waals surface area (Å²) in [4.78, 5) is 17.0. The summed E-state index contributed by atoms with van der Waals surface area (Å²) in [7, 11) is 0. The third kappa shape index (κ3) is 4.72. The molecule has 30 heavy (non-hydrogen) atoms. The summed E-state index contributed by atoms with van der Waals surface area (Å²) in [6.07, 6.45) is 0.308. The lowest BCUT2D eigenvalue weighted by atomic mass is 10.1. The van der Waals surface area contributed by atoms with Crippen molar-refractivity contribution in [1.82, 2.24) is 25.1 Å². The number of carbonyl (C=O) groups is 1. The largest absolute Gasteiger partial charge is 0.350 e. The van der Waals surface area contributed by atoms with Crippen LogP contribution in [-0.2, 0) is 17.9 Å². The summed E-state index contributed by atoms with van der Waals surface area (Å²) in [6, 6.07) is 18.1. The number of hydrogen-bond donors (Lipinski definition) is 2. The Hall–Kier alpha value is -3.10. The van der Waals surface area contributed by atoms with Crippen LogP contribution >= 0.6 is 23.6 Å². The Morgan fingerprint density at radius 2 is 1.97 bits per heavy atom. The van der Waals surface area contributed by atoms with Crippen LogP contribution in [-0.4, -0.2) is 25.7 Å². The highest BCUT2D eigenvalue weighted by Crippen LogP contribution is 2.23. The molecule has 0 saturated carbocycles. The fraction of sp³-hybridized carbons (Fsp3) is 0.182. The average molecular weight is 436 g/mol. The number of hydrogen-bond acceptors (Lipinski definition) is 5. The molecule has 0 aliphatic heterocycles. The number of benzene rings is 2. The highest BCUT2D eigenvalue weighted by atomic mass is 32.1. The van der Waals surface area contributed by atoms with E-state index < -0.39 is 0 Å². The predicted octanol–water partition coefficient (Wildman–Crippen LogP) is 4.75. The van der Waals surface area contributed by atoms with E-state index in [9.17, 15) is 4.79 Å². The van der Waals surface area contributed by atoms with Gasteiger partial charge in [-0.3, -0.25) is 14.5 Å². The molecule has 0 spiro atoms. The van der Waals surface area contributed by atoms with E-state index in [0.29, 0.717) is 24.3 Å². The highest BCUT2D eigenvalue weighted by molar-refractivity contribution is 7.71. The molecule has 2 N–H and O–H groups in total. The fourth-order valence-electron chi connectivity index (χ4n) is 3.12. The number of thiazole rings is 1. The second-order valence-electron chi connectivity index (χ2n) is 6.91. The quantitative estimate of drug-likeness (QED) is 0.411. The van der Waals surface area contributed by atoms with Gasteiger partial charge < -0.3 is 5.32 Å². The monoisotopic (exact) mass is 435 g/mol. The van der Waals surface area contributed by atoms with Crippen LogP contribution < -0.4 is 5.32 Å². The SMILES string of the molecule is Cc1cccc(-c2n[nH]c(=S)n2CCC(=O)NCc2csc(-c3ccccc3)n2)c1. The van der Waals surface area contributed by atoms with Crippen molar-refractivity contribution in [2.75, 3.05) is 0 Å². The number of aromatic amines is 1. The molecule has 6 nitrogen and oxygen atoms in total. The number of amides is 1. The number of nitrogens with one attached hydrogen (secondary N) is 2. The maximum atomic E-state index is 12.4. The standard InChI is InChI=1S/C22H21N5OS2/c1-15-6-5-9-17(12-15)20-25-26-22(29)27(20)11-10-19(28)23-13-18-14-30-21(24-18)16-7-3-2-4-8-16/h2-9,12,14H,10-11,13H2,1H3,(H,23,28)(H,26,29). The van der Waals surface area contributed by atoms with Gasteiger partial charge in [0.25, 0.3) is 0 Å². The lowest BCUT2D eigenvalue weighted by Crippen LogP contribution is -2.24. The first-order chi connectivity index (χ1) is 14.6. The van der Waals surface area contributed by atoms with Gasteiger partial charge in [-0.05, 0) is 25.2 Å². The van der Waals surface area contributed by atoms with Gasteiger partial charge >= 0.3 is 0 Å². The lowest BCUT2D eigenvalue weighted by Gasteiger charge is -2.08. The fourth-order valence-corrected chi connectivity index (χ4v) is 4.17. The second kappa shape index (κ2) is 9.15. The van der Waals surface area contributed by atoms with Gasteiger partial charge in [-0.25, -0.2) is 4.98 Å². The van der Waals surface area contributed by atoms with Crippen molar-refractivity contribution < 1.29 is 4.79 Å². The van der Waals surface area contributed by atoms with Crippen molar-refractivity contribution in [3.8, 4) is 22.0 Å². The van der Waals surface area contributed by atoms with Gasteiger partial charge in [0.15, 0.2) is 10.6 Å². The van der Waals surface area contributed by atoms with Crippen molar-refractivity contribution in [2.45, 2.75) is 26.4 Å². The van der Waals surface area contributed by atoms with Crippen molar-refractivity contribution >= 4 is 29.5 Å². The van der Waals surface area contributed by atoms with Crippen molar-refractivity contribution in [2.24, 2.45) is 0 Å². The summed E-state index contributed by atoms with van der Waals surface area (Å²) >= 11 is 6.93. The Kier molecular flexibility index (Phi) is 6.15. The van der Waals surface area contributed by atoms with Gasteiger partial charge in [-0.1, -0.05) is 54.1 Å². The van der Waals surface area contributed by atoms with Crippen LogP contribution in [0.25, 0.3) is 22.0 Å². The molecular weight excluding hydrogens is 414 g/mol. The van der Waals surface area contributed by atoms with Crippen LogP contribution in [0.1, 0.15) is 17.7 Å². The van der Waals surface area contributed by atoms with Crippen LogP contribution in [0.4, 0.5) is 0 Å². The molecule has 2 aromatic heterocycles. The van der Waals surface area contributed by atoms with Gasteiger partial charge in [0, 0.05) is 29.5 Å². The van der Waals surface area contributed by atoms with Gasteiger partial charge in [0.2, 0.25) is 5.91 Å². The third-order valence-electron chi connectivity index (χ3n) is 4.64. The van der Waals surface area contributed by atoms with Crippen molar-refractivity contribution in [1.29, 1.82) is 0 Å². The first kappa shape index (κ1) is 20.2. The van der Waals surface area contributed by atoms with Crippen molar-refractivity contribution in [3.63, 3.8) is 0 Å². The summed E-state index contributed by atoms with van der Waals surface area (Å²) < 4.78 is 2.37. The van der Waals surface area contributed by atoms with E-state index in [-0.39, 0.29) is 5.91 Å². The Bertz CT molecular complexity index is 1210. The highest BCUT2D eigenvalue weighted by Gasteiger charge is 2.11. The van der Waals surface area contributed by atoms with E-state index >= 15 is 0 Å². The van der Waals surface area contributed by atoms with E-state index in [1.807, 2.05) is 71.5 Å². The van der Waals surface area contributed by atoms with Crippen LogP contribution in [0.5, 0.6) is 0 Å². The molecule has 0 bridgehead atoms. The molecule has 2 heterocycles. The molecule has 4 aromatic rings. The minimum atomic E-state index is -0.0532. The molecule has 0 fully saturated rings. The van der Waals surface area contributed by atoms with E-state index in [1.165, 1.54) is 0 Å². The molecule has 0 atom stereocenters. The topological polar surface area (TPSA) is 75.6 Å². The molecule has 0 aliphatic rings. The van der Waals surface area contributed by atoms with Crippen LogP contribution in [0, 0.1) is 11.7 Å². The first-order valence-corrected chi connectivity index (χ1v) is 10.9. The van der Waals surface area contributed by atoms with Crippen LogP contribution in [0.15, 0.2) is 60.0 Å². The first-order valence-electron chi connectivity index (χ1n) is 9.59. The zero-order valence-electron chi connectivity index (χ0n) is 16.5. The Labute approximate surface area is 183 Å². The van der Waals surface area contributed by atoms with Crippen LogP contribution in [0.2, 0.25) is 0 Å². The maximum absolute atomic E-state index is 12.4. The number of aryl methyl sites for hydroxylation is 1. The number of aromatic nitrogens is 4. The summed E-state index contributed by atoms with van der Waals surface area (Å²) in [6.45, 7) is 2.89. The number of H-pyrrole nitrogens is 1. The van der Waals surface area contributed by atoms with Crippen LogP contribution in [0.3, 0.4) is 0 Å². The number of carbonyl (C=O) groups excluding carboxylic acids is 1. The Balaban J connectivity index is 1.36. The molecule has 1 amide bonds. The average Bonchev–Trinajstić information content (AvgIpc) is 3.38. The molecular formula is C22H21N5OS2. The zero-order valence-corrected chi connectivity index (χ0v) is 18.1. The minimum Gasteiger partial charge on any atom is -0.350 e. The summed E-state index contributed by atoms with van der Waals surface area (Å²) in [5.41, 5.74) is 4.05. The molecule has 152 valence electrons. The molecule has 0 saturated heterocycles. The molecule has 4 rings (SSSR count). The number of nitrogens with zero attached hydrogens (tertiary/aromatic N) is 3.